The first kappa shape index (κ1) is 13.7. The van der Waals surface area contributed by atoms with Gasteiger partial charge in [-0.3, -0.25) is 4.79 Å². The number of hydrogen-bond acceptors (Lipinski definition) is 5. The summed E-state index contributed by atoms with van der Waals surface area (Å²) >= 11 is 1.57. The van der Waals surface area contributed by atoms with Gasteiger partial charge in [0, 0.05) is 29.0 Å². The maximum atomic E-state index is 12.3. The van der Waals surface area contributed by atoms with Crippen LogP contribution in [0.5, 0.6) is 0 Å². The highest BCUT2D eigenvalue weighted by atomic mass is 32.1. The SMILES string of the molecule is Cc1csc(CNc2nccn(C(C)(C)C)c2=O)n1. The molecule has 0 aliphatic carbocycles. The molecule has 2 aromatic heterocycles. The molecule has 0 atom stereocenters. The van der Waals surface area contributed by atoms with E-state index in [4.69, 9.17) is 0 Å². The van der Waals surface area contributed by atoms with Gasteiger partial charge in [-0.1, -0.05) is 0 Å². The van der Waals surface area contributed by atoms with E-state index in [2.05, 4.69) is 15.3 Å². The minimum atomic E-state index is -0.256. The normalized spacial score (nSPS) is 11.6. The molecule has 0 radical (unpaired) electrons. The Morgan fingerprint density at radius 3 is 2.74 bits per heavy atom. The predicted molar refractivity (Wildman–Crippen MR) is 77.7 cm³/mol. The molecule has 0 unspecified atom stereocenters. The molecular weight excluding hydrogens is 260 g/mol. The summed E-state index contributed by atoms with van der Waals surface area (Å²) in [6.07, 6.45) is 3.35. The second-order valence-corrected chi connectivity index (χ2v) is 6.30. The lowest BCUT2D eigenvalue weighted by molar-refractivity contribution is 0.383. The van der Waals surface area contributed by atoms with E-state index in [0.29, 0.717) is 12.4 Å². The largest absolute Gasteiger partial charge is 0.359 e. The smallest absolute Gasteiger partial charge is 0.293 e. The fourth-order valence-electron chi connectivity index (χ4n) is 1.70. The van der Waals surface area contributed by atoms with Crippen LogP contribution in [0.4, 0.5) is 5.82 Å². The van der Waals surface area contributed by atoms with Crippen LogP contribution in [-0.4, -0.2) is 14.5 Å². The van der Waals surface area contributed by atoms with Crippen LogP contribution in [0.15, 0.2) is 22.6 Å². The number of thiazole rings is 1. The highest BCUT2D eigenvalue weighted by molar-refractivity contribution is 7.09. The van der Waals surface area contributed by atoms with Gasteiger partial charge in [0.1, 0.15) is 5.01 Å². The Bertz CT molecular complexity index is 624. The van der Waals surface area contributed by atoms with Gasteiger partial charge < -0.3 is 9.88 Å². The number of aryl methyl sites for hydroxylation is 1. The molecule has 6 heteroatoms. The summed E-state index contributed by atoms with van der Waals surface area (Å²) in [6, 6.07) is 0. The van der Waals surface area contributed by atoms with Crippen molar-refractivity contribution in [3.8, 4) is 0 Å². The van der Waals surface area contributed by atoms with Gasteiger partial charge in [0.2, 0.25) is 0 Å². The monoisotopic (exact) mass is 278 g/mol. The summed E-state index contributed by atoms with van der Waals surface area (Å²) in [6.45, 7) is 8.44. The van der Waals surface area contributed by atoms with Crippen molar-refractivity contribution >= 4 is 17.2 Å². The van der Waals surface area contributed by atoms with E-state index >= 15 is 0 Å². The average Bonchev–Trinajstić information content (AvgIpc) is 2.72. The standard InChI is InChI=1S/C13H18N4OS/c1-9-8-19-10(16-9)7-15-11-12(18)17(6-5-14-11)13(2,3)4/h5-6,8H,7H2,1-4H3,(H,14,15). The number of hydrogen-bond donors (Lipinski definition) is 1. The lowest BCUT2D eigenvalue weighted by atomic mass is 10.1. The quantitative estimate of drug-likeness (QED) is 0.936. The summed E-state index contributed by atoms with van der Waals surface area (Å²) in [7, 11) is 0. The first-order chi connectivity index (χ1) is 8.88. The predicted octanol–water partition coefficient (Wildman–Crippen LogP) is 2.38. The molecular formula is C13H18N4OS. The van der Waals surface area contributed by atoms with Crippen molar-refractivity contribution in [2.45, 2.75) is 39.8 Å². The molecule has 2 aromatic rings. The van der Waals surface area contributed by atoms with E-state index in [1.54, 1.807) is 28.3 Å². The molecule has 0 spiro atoms. The van der Waals surface area contributed by atoms with Gasteiger partial charge in [0.15, 0.2) is 5.82 Å². The van der Waals surface area contributed by atoms with Crippen LogP contribution in [0.1, 0.15) is 31.5 Å². The zero-order chi connectivity index (χ0) is 14.0. The highest BCUT2D eigenvalue weighted by Crippen LogP contribution is 2.12. The van der Waals surface area contributed by atoms with Crippen LogP contribution in [0.2, 0.25) is 0 Å². The second kappa shape index (κ2) is 5.13. The first-order valence-electron chi connectivity index (χ1n) is 6.11. The van der Waals surface area contributed by atoms with Gasteiger partial charge in [-0.05, 0) is 27.7 Å². The van der Waals surface area contributed by atoms with Crippen molar-refractivity contribution in [1.29, 1.82) is 0 Å². The number of nitrogens with one attached hydrogen (secondary N) is 1. The van der Waals surface area contributed by atoms with Gasteiger partial charge in [0.05, 0.1) is 6.54 Å². The van der Waals surface area contributed by atoms with Gasteiger partial charge in [0.25, 0.3) is 5.56 Å². The molecule has 2 rings (SSSR count). The van der Waals surface area contributed by atoms with E-state index in [-0.39, 0.29) is 11.1 Å². The zero-order valence-corrected chi connectivity index (χ0v) is 12.4. The van der Waals surface area contributed by atoms with Gasteiger partial charge in [-0.25, -0.2) is 9.97 Å². The summed E-state index contributed by atoms with van der Waals surface area (Å²) in [5, 5.41) is 6.00. The van der Waals surface area contributed by atoms with Gasteiger partial charge in [-0.2, -0.15) is 0 Å². The lowest BCUT2D eigenvalue weighted by Gasteiger charge is -2.22. The van der Waals surface area contributed by atoms with Crippen molar-refractivity contribution < 1.29 is 0 Å². The molecule has 0 aliphatic rings. The van der Waals surface area contributed by atoms with E-state index < -0.39 is 0 Å². The lowest BCUT2D eigenvalue weighted by Crippen LogP contribution is -2.35. The van der Waals surface area contributed by atoms with Crippen LogP contribution in [0.25, 0.3) is 0 Å². The Hall–Kier alpha value is -1.69. The van der Waals surface area contributed by atoms with E-state index in [1.165, 1.54) is 0 Å². The van der Waals surface area contributed by atoms with Crippen molar-refractivity contribution in [2.75, 3.05) is 5.32 Å². The fourth-order valence-corrected chi connectivity index (χ4v) is 2.42. The maximum absolute atomic E-state index is 12.3. The summed E-state index contributed by atoms with van der Waals surface area (Å²) < 4.78 is 1.68. The van der Waals surface area contributed by atoms with Crippen molar-refractivity contribution in [1.82, 2.24) is 14.5 Å². The molecule has 0 fully saturated rings. The molecule has 19 heavy (non-hydrogen) atoms. The first-order valence-corrected chi connectivity index (χ1v) is 6.99. The van der Waals surface area contributed by atoms with Crippen LogP contribution in [0.3, 0.4) is 0 Å². The van der Waals surface area contributed by atoms with Crippen LogP contribution in [0, 0.1) is 6.92 Å². The van der Waals surface area contributed by atoms with Gasteiger partial charge in [-0.15, -0.1) is 11.3 Å². The third kappa shape index (κ3) is 3.20. The second-order valence-electron chi connectivity index (χ2n) is 5.36. The molecule has 0 aromatic carbocycles. The molecule has 0 aliphatic heterocycles. The Kier molecular flexibility index (Phi) is 3.71. The average molecular weight is 278 g/mol. The van der Waals surface area contributed by atoms with E-state index in [9.17, 15) is 4.79 Å². The molecule has 102 valence electrons. The highest BCUT2D eigenvalue weighted by Gasteiger charge is 2.16. The summed E-state index contributed by atoms with van der Waals surface area (Å²) in [5.41, 5.74) is 0.631. The molecule has 0 saturated carbocycles. The Labute approximate surface area is 116 Å². The number of rotatable bonds is 3. The van der Waals surface area contributed by atoms with E-state index in [1.807, 2.05) is 33.1 Å². The van der Waals surface area contributed by atoms with Gasteiger partial charge >= 0.3 is 0 Å². The minimum absolute atomic E-state index is 0.108. The van der Waals surface area contributed by atoms with Crippen molar-refractivity contribution in [3.05, 3.63) is 38.8 Å². The van der Waals surface area contributed by atoms with Crippen molar-refractivity contribution in [3.63, 3.8) is 0 Å². The third-order valence-electron chi connectivity index (χ3n) is 2.64. The Balaban J connectivity index is 2.20. The molecule has 0 saturated heterocycles. The topological polar surface area (TPSA) is 59.8 Å². The third-order valence-corrected chi connectivity index (χ3v) is 3.60. The fraction of sp³-hybridized carbons (Fsp3) is 0.462. The molecule has 5 nitrogen and oxygen atoms in total. The van der Waals surface area contributed by atoms with Crippen LogP contribution in [-0.2, 0) is 12.1 Å². The van der Waals surface area contributed by atoms with Crippen molar-refractivity contribution in [2.24, 2.45) is 0 Å². The van der Waals surface area contributed by atoms with E-state index in [0.717, 1.165) is 10.7 Å². The zero-order valence-electron chi connectivity index (χ0n) is 11.6. The Morgan fingerprint density at radius 1 is 1.42 bits per heavy atom. The summed E-state index contributed by atoms with van der Waals surface area (Å²) in [5.74, 6) is 0.366. The summed E-state index contributed by atoms with van der Waals surface area (Å²) in [4.78, 5) is 20.7. The van der Waals surface area contributed by atoms with Crippen LogP contribution >= 0.6 is 11.3 Å². The molecule has 1 N–H and O–H groups in total. The number of aromatic nitrogens is 3. The maximum Gasteiger partial charge on any atom is 0.293 e. The molecule has 0 bridgehead atoms. The number of anilines is 1. The molecule has 0 amide bonds. The number of nitrogens with zero attached hydrogens (tertiary/aromatic N) is 3. The molecule has 2 heterocycles. The van der Waals surface area contributed by atoms with Crippen LogP contribution < -0.4 is 10.9 Å². The minimum Gasteiger partial charge on any atom is -0.359 e. The Morgan fingerprint density at radius 2 is 2.16 bits per heavy atom.